The van der Waals surface area contributed by atoms with E-state index in [1.165, 1.54) is 0 Å². The van der Waals surface area contributed by atoms with Crippen LogP contribution in [0.2, 0.25) is 0 Å². The first kappa shape index (κ1) is 8.44. The highest BCUT2D eigenvalue weighted by atomic mass is 16.3. The highest BCUT2D eigenvalue weighted by Crippen LogP contribution is 2.33. The lowest BCUT2D eigenvalue weighted by atomic mass is 10.0. The number of nitrogens with two attached hydrogens (primary N) is 1. The molecular weight excluding hydrogens is 166 g/mol. The van der Waals surface area contributed by atoms with Crippen molar-refractivity contribution in [1.29, 1.82) is 0 Å². The van der Waals surface area contributed by atoms with Crippen molar-refractivity contribution >= 4 is 5.95 Å². The molecule has 0 saturated heterocycles. The first-order chi connectivity index (χ1) is 6.25. The van der Waals surface area contributed by atoms with Gasteiger partial charge in [-0.05, 0) is 30.7 Å². The summed E-state index contributed by atoms with van der Waals surface area (Å²) in [5.74, 6) is 0.720. The zero-order valence-corrected chi connectivity index (χ0v) is 7.35. The van der Waals surface area contributed by atoms with Crippen LogP contribution in [0.3, 0.4) is 0 Å². The lowest BCUT2D eigenvalue weighted by molar-refractivity contribution is 0.181. The predicted molar refractivity (Wildman–Crippen MR) is 49.0 cm³/mol. The summed E-state index contributed by atoms with van der Waals surface area (Å²) in [4.78, 5) is 7.87. The van der Waals surface area contributed by atoms with E-state index in [-0.39, 0.29) is 6.10 Å². The number of anilines is 1. The van der Waals surface area contributed by atoms with E-state index in [1.807, 2.05) is 0 Å². The molecule has 0 radical (unpaired) electrons. The first-order valence-electron chi connectivity index (χ1n) is 4.51. The monoisotopic (exact) mass is 179 g/mol. The van der Waals surface area contributed by atoms with Crippen molar-refractivity contribution in [2.24, 2.45) is 0 Å². The molecule has 70 valence electrons. The van der Waals surface area contributed by atoms with Gasteiger partial charge in [0.05, 0.1) is 6.10 Å². The minimum atomic E-state index is -0.150. The Labute approximate surface area is 76.8 Å². The van der Waals surface area contributed by atoms with Crippen molar-refractivity contribution in [3.63, 3.8) is 0 Å². The number of nitrogens with zero attached hydrogens (tertiary/aromatic N) is 2. The standard InChI is InChI=1S/C9H13N3O/c10-9-11-4-7(5-12-9)6-1-2-8(13)3-6/h4-6,8,13H,1-3H2,(H2,10,11,12)/t6-,8+/m0/s1. The summed E-state index contributed by atoms with van der Waals surface area (Å²) in [6, 6.07) is 0. The Balaban J connectivity index is 2.13. The van der Waals surface area contributed by atoms with Crippen molar-refractivity contribution in [1.82, 2.24) is 9.97 Å². The Kier molecular flexibility index (Phi) is 2.14. The van der Waals surface area contributed by atoms with Gasteiger partial charge in [0.2, 0.25) is 5.95 Å². The van der Waals surface area contributed by atoms with Gasteiger partial charge in [-0.2, -0.15) is 0 Å². The number of aliphatic hydroxyl groups excluding tert-OH is 1. The zero-order chi connectivity index (χ0) is 9.26. The molecular formula is C9H13N3O. The maximum absolute atomic E-state index is 9.35. The van der Waals surface area contributed by atoms with Crippen LogP contribution in [-0.4, -0.2) is 21.2 Å². The number of aliphatic hydroxyl groups is 1. The topological polar surface area (TPSA) is 72.0 Å². The molecule has 2 atom stereocenters. The molecule has 0 bridgehead atoms. The average molecular weight is 179 g/mol. The molecule has 0 aromatic carbocycles. The Bertz CT molecular complexity index is 285. The number of rotatable bonds is 1. The summed E-state index contributed by atoms with van der Waals surface area (Å²) >= 11 is 0. The zero-order valence-electron chi connectivity index (χ0n) is 7.35. The third kappa shape index (κ3) is 1.78. The van der Waals surface area contributed by atoms with Gasteiger partial charge in [-0.1, -0.05) is 0 Å². The number of hydrogen-bond donors (Lipinski definition) is 2. The van der Waals surface area contributed by atoms with E-state index < -0.39 is 0 Å². The minimum Gasteiger partial charge on any atom is -0.393 e. The summed E-state index contributed by atoms with van der Waals surface area (Å²) in [5, 5.41) is 9.35. The Morgan fingerprint density at radius 3 is 2.54 bits per heavy atom. The maximum atomic E-state index is 9.35. The fourth-order valence-electron chi connectivity index (χ4n) is 1.82. The van der Waals surface area contributed by atoms with E-state index in [4.69, 9.17) is 5.73 Å². The fourth-order valence-corrected chi connectivity index (χ4v) is 1.82. The second-order valence-electron chi connectivity index (χ2n) is 3.54. The van der Waals surface area contributed by atoms with Crippen molar-refractivity contribution in [3.8, 4) is 0 Å². The van der Waals surface area contributed by atoms with Crippen molar-refractivity contribution < 1.29 is 5.11 Å². The summed E-state index contributed by atoms with van der Waals surface area (Å²) in [6.45, 7) is 0. The van der Waals surface area contributed by atoms with E-state index in [0.29, 0.717) is 11.9 Å². The van der Waals surface area contributed by atoms with Crippen LogP contribution >= 0.6 is 0 Å². The van der Waals surface area contributed by atoms with Gasteiger partial charge in [-0.15, -0.1) is 0 Å². The van der Waals surface area contributed by atoms with Crippen LogP contribution < -0.4 is 5.73 Å². The van der Waals surface area contributed by atoms with E-state index in [9.17, 15) is 5.11 Å². The van der Waals surface area contributed by atoms with Crippen LogP contribution in [0.5, 0.6) is 0 Å². The molecule has 1 aromatic rings. The smallest absolute Gasteiger partial charge is 0.219 e. The van der Waals surface area contributed by atoms with Gasteiger partial charge in [0.15, 0.2) is 0 Å². The molecule has 13 heavy (non-hydrogen) atoms. The van der Waals surface area contributed by atoms with Gasteiger partial charge in [-0.3, -0.25) is 0 Å². The van der Waals surface area contributed by atoms with Gasteiger partial charge in [0.1, 0.15) is 0 Å². The van der Waals surface area contributed by atoms with Crippen molar-refractivity contribution in [2.75, 3.05) is 5.73 Å². The van der Waals surface area contributed by atoms with Crippen LogP contribution in [0.1, 0.15) is 30.7 Å². The molecule has 0 amide bonds. The summed E-state index contributed by atoms with van der Waals surface area (Å²) < 4.78 is 0. The molecule has 1 aromatic heterocycles. The number of aromatic nitrogens is 2. The van der Waals surface area contributed by atoms with Crippen LogP contribution in [0.15, 0.2) is 12.4 Å². The average Bonchev–Trinajstić information content (AvgIpc) is 2.53. The Hall–Kier alpha value is -1.16. The molecule has 1 saturated carbocycles. The minimum absolute atomic E-state index is 0.150. The molecule has 4 heteroatoms. The van der Waals surface area contributed by atoms with Crippen LogP contribution in [0, 0.1) is 0 Å². The van der Waals surface area contributed by atoms with E-state index in [2.05, 4.69) is 9.97 Å². The Morgan fingerprint density at radius 1 is 1.31 bits per heavy atom. The summed E-state index contributed by atoms with van der Waals surface area (Å²) in [5.41, 5.74) is 6.47. The number of nitrogen functional groups attached to an aromatic ring is 1. The van der Waals surface area contributed by atoms with Crippen molar-refractivity contribution in [3.05, 3.63) is 18.0 Å². The lowest BCUT2D eigenvalue weighted by Crippen LogP contribution is -2.01. The van der Waals surface area contributed by atoms with Gasteiger partial charge >= 0.3 is 0 Å². The molecule has 0 aliphatic heterocycles. The van der Waals surface area contributed by atoms with Gasteiger partial charge < -0.3 is 10.8 Å². The highest BCUT2D eigenvalue weighted by molar-refractivity contribution is 5.20. The summed E-state index contributed by atoms with van der Waals surface area (Å²) in [7, 11) is 0. The molecule has 4 nitrogen and oxygen atoms in total. The quantitative estimate of drug-likeness (QED) is 0.665. The van der Waals surface area contributed by atoms with Crippen LogP contribution in [0.25, 0.3) is 0 Å². The molecule has 1 aliphatic rings. The van der Waals surface area contributed by atoms with Gasteiger partial charge in [0.25, 0.3) is 0 Å². The predicted octanol–water partition coefficient (Wildman–Crippen LogP) is 0.687. The SMILES string of the molecule is Nc1ncc([C@H]2CC[C@@H](O)C2)cn1. The lowest BCUT2D eigenvalue weighted by Gasteiger charge is -2.07. The Morgan fingerprint density at radius 2 is 2.00 bits per heavy atom. The second kappa shape index (κ2) is 3.30. The third-order valence-corrected chi connectivity index (χ3v) is 2.57. The molecule has 0 unspecified atom stereocenters. The third-order valence-electron chi connectivity index (χ3n) is 2.57. The normalized spacial score (nSPS) is 27.8. The molecule has 3 N–H and O–H groups in total. The molecule has 2 rings (SSSR count). The first-order valence-corrected chi connectivity index (χ1v) is 4.51. The molecule has 0 spiro atoms. The molecule has 1 fully saturated rings. The van der Waals surface area contributed by atoms with E-state index in [0.717, 1.165) is 24.8 Å². The van der Waals surface area contributed by atoms with Crippen molar-refractivity contribution in [2.45, 2.75) is 31.3 Å². The number of hydrogen-bond acceptors (Lipinski definition) is 4. The fraction of sp³-hybridized carbons (Fsp3) is 0.556. The highest BCUT2D eigenvalue weighted by Gasteiger charge is 2.24. The molecule has 1 aliphatic carbocycles. The van der Waals surface area contributed by atoms with Gasteiger partial charge in [0, 0.05) is 12.4 Å². The van der Waals surface area contributed by atoms with E-state index >= 15 is 0 Å². The van der Waals surface area contributed by atoms with Crippen LogP contribution in [-0.2, 0) is 0 Å². The largest absolute Gasteiger partial charge is 0.393 e. The summed E-state index contributed by atoms with van der Waals surface area (Å²) in [6.07, 6.45) is 6.09. The van der Waals surface area contributed by atoms with Crippen LogP contribution in [0.4, 0.5) is 5.95 Å². The second-order valence-corrected chi connectivity index (χ2v) is 3.54. The van der Waals surface area contributed by atoms with E-state index in [1.54, 1.807) is 12.4 Å². The maximum Gasteiger partial charge on any atom is 0.219 e. The molecule has 1 heterocycles. The van der Waals surface area contributed by atoms with Gasteiger partial charge in [-0.25, -0.2) is 9.97 Å².